The van der Waals surface area contributed by atoms with Gasteiger partial charge in [-0.05, 0) is 55.3 Å². The van der Waals surface area contributed by atoms with Crippen LogP contribution >= 0.6 is 11.6 Å². The Kier molecular flexibility index (Phi) is 7.99. The molecular weight excluding hydrogens is 450 g/mol. The normalized spacial score (nSPS) is 11.2. The van der Waals surface area contributed by atoms with Gasteiger partial charge in [0.1, 0.15) is 12.4 Å². The number of urea groups is 1. The number of aromatic nitrogens is 2. The fraction of sp³-hybridized carbons (Fsp3) is 0.346. The van der Waals surface area contributed by atoms with E-state index < -0.39 is 0 Å². The van der Waals surface area contributed by atoms with Crippen LogP contribution in [0.3, 0.4) is 0 Å². The zero-order chi connectivity index (χ0) is 24.9. The average molecular weight is 482 g/mol. The SMILES string of the molecule is CCc1ccc(NC(=O)N(CC)CC(=O)Nc2cc(C(C)(C)C)nn2-c2ccc(Cl)cc2)cc1. The van der Waals surface area contributed by atoms with Gasteiger partial charge < -0.3 is 15.5 Å². The molecule has 0 saturated heterocycles. The highest BCUT2D eigenvalue weighted by Gasteiger charge is 2.23. The van der Waals surface area contributed by atoms with Crippen molar-refractivity contribution in [2.45, 2.75) is 46.5 Å². The van der Waals surface area contributed by atoms with Crippen LogP contribution in [-0.2, 0) is 16.6 Å². The zero-order valence-electron chi connectivity index (χ0n) is 20.4. The maximum atomic E-state index is 12.9. The first-order valence-electron chi connectivity index (χ1n) is 11.4. The molecule has 1 aromatic heterocycles. The van der Waals surface area contributed by atoms with Crippen LogP contribution in [0.15, 0.2) is 54.6 Å². The molecule has 3 aromatic rings. The van der Waals surface area contributed by atoms with E-state index in [2.05, 4.69) is 38.3 Å². The van der Waals surface area contributed by atoms with E-state index in [1.165, 1.54) is 10.5 Å². The zero-order valence-corrected chi connectivity index (χ0v) is 21.1. The Hall–Kier alpha value is -3.32. The van der Waals surface area contributed by atoms with Crippen molar-refractivity contribution in [2.24, 2.45) is 0 Å². The van der Waals surface area contributed by atoms with E-state index >= 15 is 0 Å². The summed E-state index contributed by atoms with van der Waals surface area (Å²) in [5, 5.41) is 11.1. The highest BCUT2D eigenvalue weighted by Crippen LogP contribution is 2.27. The van der Waals surface area contributed by atoms with Gasteiger partial charge in [-0.15, -0.1) is 0 Å². The Bertz CT molecular complexity index is 1130. The van der Waals surface area contributed by atoms with Gasteiger partial charge in [-0.1, -0.05) is 51.4 Å². The number of carbonyl (C=O) groups is 2. The molecule has 0 atom stereocenters. The van der Waals surface area contributed by atoms with E-state index in [0.29, 0.717) is 23.1 Å². The highest BCUT2D eigenvalue weighted by molar-refractivity contribution is 6.30. The van der Waals surface area contributed by atoms with Crippen LogP contribution in [0.5, 0.6) is 0 Å². The minimum absolute atomic E-state index is 0.0912. The van der Waals surface area contributed by atoms with E-state index in [-0.39, 0.29) is 23.9 Å². The number of rotatable bonds is 7. The summed E-state index contributed by atoms with van der Waals surface area (Å²) in [7, 11) is 0. The van der Waals surface area contributed by atoms with Gasteiger partial charge >= 0.3 is 6.03 Å². The molecular formula is C26H32ClN5O2. The molecule has 2 N–H and O–H groups in total. The summed E-state index contributed by atoms with van der Waals surface area (Å²) in [6.07, 6.45) is 0.930. The van der Waals surface area contributed by atoms with Gasteiger partial charge in [0.25, 0.3) is 0 Å². The quantitative estimate of drug-likeness (QED) is 0.442. The summed E-state index contributed by atoms with van der Waals surface area (Å²) in [6, 6.07) is 16.4. The number of nitrogens with one attached hydrogen (secondary N) is 2. The van der Waals surface area contributed by atoms with Gasteiger partial charge in [-0.2, -0.15) is 5.10 Å². The number of hydrogen-bond acceptors (Lipinski definition) is 3. The number of amides is 3. The molecule has 0 aliphatic heterocycles. The first kappa shape index (κ1) is 25.3. The second-order valence-electron chi connectivity index (χ2n) is 9.10. The van der Waals surface area contributed by atoms with Crippen LogP contribution in [0.2, 0.25) is 5.02 Å². The van der Waals surface area contributed by atoms with Crippen LogP contribution in [0.4, 0.5) is 16.3 Å². The Balaban J connectivity index is 1.74. The van der Waals surface area contributed by atoms with Crippen molar-refractivity contribution >= 4 is 35.0 Å². The van der Waals surface area contributed by atoms with Crippen LogP contribution in [0.1, 0.15) is 45.9 Å². The van der Waals surface area contributed by atoms with Crippen LogP contribution in [0.25, 0.3) is 5.69 Å². The highest BCUT2D eigenvalue weighted by atomic mass is 35.5. The lowest BCUT2D eigenvalue weighted by Crippen LogP contribution is -2.40. The third-order valence-electron chi connectivity index (χ3n) is 5.43. The summed E-state index contributed by atoms with van der Waals surface area (Å²) in [6.45, 7) is 10.4. The second-order valence-corrected chi connectivity index (χ2v) is 9.53. The molecule has 0 aliphatic carbocycles. The Morgan fingerprint density at radius 1 is 1.00 bits per heavy atom. The maximum Gasteiger partial charge on any atom is 0.322 e. The molecule has 1 heterocycles. The molecule has 0 saturated carbocycles. The van der Waals surface area contributed by atoms with Crippen molar-refractivity contribution < 1.29 is 9.59 Å². The van der Waals surface area contributed by atoms with Crippen molar-refractivity contribution in [3.8, 4) is 5.69 Å². The average Bonchev–Trinajstić information content (AvgIpc) is 3.22. The number of benzene rings is 2. The molecule has 0 spiro atoms. The van der Waals surface area contributed by atoms with Gasteiger partial charge in [0.2, 0.25) is 5.91 Å². The van der Waals surface area contributed by atoms with Crippen molar-refractivity contribution in [1.82, 2.24) is 14.7 Å². The minimum atomic E-state index is -0.330. The molecule has 0 radical (unpaired) electrons. The molecule has 7 nitrogen and oxygen atoms in total. The van der Waals surface area contributed by atoms with Crippen molar-refractivity contribution in [2.75, 3.05) is 23.7 Å². The summed E-state index contributed by atoms with van der Waals surface area (Å²) >= 11 is 6.03. The number of likely N-dealkylation sites (N-methyl/N-ethyl adjacent to an activating group) is 1. The topological polar surface area (TPSA) is 79.3 Å². The predicted octanol–water partition coefficient (Wildman–Crippen LogP) is 5.88. The largest absolute Gasteiger partial charge is 0.322 e. The first-order chi connectivity index (χ1) is 16.1. The molecule has 180 valence electrons. The summed E-state index contributed by atoms with van der Waals surface area (Å²) < 4.78 is 1.68. The summed E-state index contributed by atoms with van der Waals surface area (Å²) in [5.41, 5.74) is 3.28. The molecule has 3 rings (SSSR count). The van der Waals surface area contributed by atoms with Crippen LogP contribution in [0, 0.1) is 0 Å². The van der Waals surface area contributed by atoms with Crippen molar-refractivity contribution in [3.05, 3.63) is 70.9 Å². The van der Waals surface area contributed by atoms with E-state index in [9.17, 15) is 9.59 Å². The van der Waals surface area contributed by atoms with E-state index in [1.807, 2.05) is 49.4 Å². The first-order valence-corrected chi connectivity index (χ1v) is 11.8. The lowest BCUT2D eigenvalue weighted by Gasteiger charge is -2.21. The van der Waals surface area contributed by atoms with Crippen molar-refractivity contribution in [3.63, 3.8) is 0 Å². The molecule has 0 aliphatic rings. The summed E-state index contributed by atoms with van der Waals surface area (Å²) in [5.74, 6) is 0.220. The monoisotopic (exact) mass is 481 g/mol. The molecule has 0 bridgehead atoms. The lowest BCUT2D eigenvalue weighted by molar-refractivity contribution is -0.116. The van der Waals surface area contributed by atoms with E-state index in [4.69, 9.17) is 16.7 Å². The molecule has 3 amide bonds. The van der Waals surface area contributed by atoms with Gasteiger partial charge in [-0.3, -0.25) is 4.79 Å². The van der Waals surface area contributed by atoms with Gasteiger partial charge in [0, 0.05) is 28.7 Å². The van der Waals surface area contributed by atoms with E-state index in [1.54, 1.807) is 16.8 Å². The lowest BCUT2D eigenvalue weighted by atomic mass is 9.92. The van der Waals surface area contributed by atoms with Crippen molar-refractivity contribution in [1.29, 1.82) is 0 Å². The third kappa shape index (κ3) is 6.38. The Morgan fingerprint density at radius 3 is 2.21 bits per heavy atom. The van der Waals surface area contributed by atoms with E-state index in [0.717, 1.165) is 17.8 Å². The molecule has 0 unspecified atom stereocenters. The third-order valence-corrected chi connectivity index (χ3v) is 5.69. The number of carbonyl (C=O) groups excluding carboxylic acids is 2. The molecule has 2 aromatic carbocycles. The fourth-order valence-electron chi connectivity index (χ4n) is 3.33. The summed E-state index contributed by atoms with van der Waals surface area (Å²) in [4.78, 5) is 27.1. The maximum absolute atomic E-state index is 12.9. The minimum Gasteiger partial charge on any atom is -0.315 e. The predicted molar refractivity (Wildman–Crippen MR) is 138 cm³/mol. The number of anilines is 2. The molecule has 8 heteroatoms. The fourth-order valence-corrected chi connectivity index (χ4v) is 3.45. The molecule has 34 heavy (non-hydrogen) atoms. The number of halogens is 1. The number of hydrogen-bond donors (Lipinski definition) is 2. The smallest absolute Gasteiger partial charge is 0.315 e. The standard InChI is InChI=1S/C26H32ClN5O2/c1-6-18-8-12-20(13-9-18)28-25(34)31(7-2)17-24(33)29-23-16-22(26(3,4)5)30-32(23)21-14-10-19(27)11-15-21/h8-16H,6-7,17H2,1-5H3,(H,28,34)(H,29,33). The number of aryl methyl sites for hydroxylation is 1. The molecule has 0 fully saturated rings. The van der Waals surface area contributed by atoms with Gasteiger partial charge in [0.05, 0.1) is 11.4 Å². The van der Waals surface area contributed by atoms with Crippen LogP contribution in [-0.4, -0.2) is 39.7 Å². The van der Waals surface area contributed by atoms with Gasteiger partial charge in [-0.25, -0.2) is 9.48 Å². The Morgan fingerprint density at radius 2 is 1.65 bits per heavy atom. The number of nitrogens with zero attached hydrogens (tertiary/aromatic N) is 3. The Labute approximate surface area is 206 Å². The van der Waals surface area contributed by atoms with Gasteiger partial charge in [0.15, 0.2) is 0 Å². The second kappa shape index (κ2) is 10.7. The van der Waals surface area contributed by atoms with Crippen LogP contribution < -0.4 is 10.6 Å².